The van der Waals surface area contributed by atoms with Crippen molar-refractivity contribution in [3.63, 3.8) is 0 Å². The van der Waals surface area contributed by atoms with Gasteiger partial charge in [-0.15, -0.1) is 9.63 Å². The summed E-state index contributed by atoms with van der Waals surface area (Å²) in [5, 5.41) is 14.7. The van der Waals surface area contributed by atoms with E-state index in [-0.39, 0.29) is 23.2 Å². The molecule has 0 fully saturated rings. The highest BCUT2D eigenvalue weighted by atomic mass is 32.2. The fourth-order valence-electron chi connectivity index (χ4n) is 0.907. The smallest absolute Gasteiger partial charge is 0.321 e. The third kappa shape index (κ3) is 3.82. The maximum Gasteiger partial charge on any atom is 0.321 e. The van der Waals surface area contributed by atoms with Crippen LogP contribution in [-0.4, -0.2) is 45.8 Å². The van der Waals surface area contributed by atoms with Crippen molar-refractivity contribution < 1.29 is 14.7 Å². The van der Waals surface area contributed by atoms with Gasteiger partial charge < -0.3 is 21.1 Å². The third-order valence-electron chi connectivity index (χ3n) is 1.84. The number of carboxylic acids is 1. The van der Waals surface area contributed by atoms with Gasteiger partial charge in [-0.3, -0.25) is 9.59 Å². The lowest BCUT2D eigenvalue weighted by molar-refractivity contribution is -0.137. The largest absolute Gasteiger partial charge is 0.480 e. The van der Waals surface area contributed by atoms with Crippen LogP contribution in [0.1, 0.15) is 10.5 Å². The molecule has 0 aliphatic rings. The van der Waals surface area contributed by atoms with Crippen LogP contribution in [0.5, 0.6) is 0 Å². The Labute approximate surface area is 106 Å². The van der Waals surface area contributed by atoms with Crippen LogP contribution in [0.25, 0.3) is 0 Å². The summed E-state index contributed by atoms with van der Waals surface area (Å²) in [6.45, 7) is 0. The van der Waals surface area contributed by atoms with E-state index in [2.05, 4.69) is 24.9 Å². The lowest BCUT2D eigenvalue weighted by Crippen LogP contribution is -2.32. The molecule has 1 aromatic rings. The minimum Gasteiger partial charge on any atom is -0.480 e. The molecule has 1 heterocycles. The summed E-state index contributed by atoms with van der Waals surface area (Å²) >= 11 is 0.883. The summed E-state index contributed by atoms with van der Waals surface area (Å²) in [7, 11) is 1.48. The number of nitrogens with two attached hydrogens (primary N) is 1. The number of aliphatic carboxylic acids is 1. The number of imidazole rings is 1. The molecule has 1 aromatic heterocycles. The van der Waals surface area contributed by atoms with E-state index in [0.717, 1.165) is 11.9 Å². The Morgan fingerprint density at radius 1 is 1.72 bits per heavy atom. The van der Waals surface area contributed by atoms with Crippen molar-refractivity contribution in [2.45, 2.75) is 6.04 Å². The second-order valence-electron chi connectivity index (χ2n) is 3.10. The molecule has 0 aliphatic heterocycles. The van der Waals surface area contributed by atoms with Gasteiger partial charge in [-0.2, -0.15) is 0 Å². The average molecular weight is 272 g/mol. The highest BCUT2D eigenvalue weighted by Gasteiger charge is 2.13. The van der Waals surface area contributed by atoms with Gasteiger partial charge in [-0.25, -0.2) is 4.98 Å². The molecule has 0 unspecified atom stereocenters. The van der Waals surface area contributed by atoms with Crippen molar-refractivity contribution >= 4 is 29.6 Å². The molecular weight excluding hydrogens is 260 g/mol. The summed E-state index contributed by atoms with van der Waals surface area (Å²) in [5.41, 5.74) is 5.45. The molecule has 0 aromatic carbocycles. The first-order chi connectivity index (χ1) is 8.56. The maximum absolute atomic E-state index is 11.3. The standard InChI is InChI=1S/C8H12N6O3S/c1-10-7(15)5-6(12-3-11-5)13-14-18-2-4(9)8(16)17/h3-4H,2,9H2,1H3,(H,10,15)(H,11,12)(H,16,17)/t4-/m1/s1. The fourth-order valence-corrected chi connectivity index (χ4v) is 1.41. The Morgan fingerprint density at radius 3 is 3.06 bits per heavy atom. The van der Waals surface area contributed by atoms with Gasteiger partial charge in [0.2, 0.25) is 5.82 Å². The minimum atomic E-state index is -1.11. The summed E-state index contributed by atoms with van der Waals surface area (Å²) < 4.78 is 3.65. The number of carboxylic acid groups (broad SMARTS) is 1. The fraction of sp³-hybridized carbons (Fsp3) is 0.375. The number of aromatic nitrogens is 2. The second kappa shape index (κ2) is 6.71. The van der Waals surface area contributed by atoms with E-state index >= 15 is 0 Å². The van der Waals surface area contributed by atoms with Crippen molar-refractivity contribution in [1.82, 2.24) is 15.3 Å². The first-order valence-corrected chi connectivity index (χ1v) is 5.77. The van der Waals surface area contributed by atoms with Gasteiger partial charge in [-0.1, -0.05) is 0 Å². The number of amides is 1. The zero-order chi connectivity index (χ0) is 13.5. The monoisotopic (exact) mass is 272 g/mol. The van der Waals surface area contributed by atoms with Gasteiger partial charge in [0.15, 0.2) is 5.69 Å². The predicted molar refractivity (Wildman–Crippen MR) is 64.6 cm³/mol. The number of aromatic amines is 1. The van der Waals surface area contributed by atoms with Crippen LogP contribution in [0.3, 0.4) is 0 Å². The molecule has 5 N–H and O–H groups in total. The van der Waals surface area contributed by atoms with E-state index in [0.29, 0.717) is 0 Å². The maximum atomic E-state index is 11.3. The second-order valence-corrected chi connectivity index (χ2v) is 3.86. The lowest BCUT2D eigenvalue weighted by Gasteiger charge is -2.00. The molecule has 0 radical (unpaired) electrons. The molecule has 0 spiro atoms. The molecule has 0 aliphatic carbocycles. The van der Waals surface area contributed by atoms with Crippen molar-refractivity contribution in [2.24, 2.45) is 15.4 Å². The minimum absolute atomic E-state index is 0.0819. The van der Waals surface area contributed by atoms with Crippen LogP contribution in [0, 0.1) is 0 Å². The van der Waals surface area contributed by atoms with Crippen LogP contribution >= 0.6 is 11.9 Å². The van der Waals surface area contributed by atoms with Gasteiger partial charge in [-0.05, 0) is 11.9 Å². The quantitative estimate of drug-likeness (QED) is 0.420. The van der Waals surface area contributed by atoms with Crippen molar-refractivity contribution in [3.05, 3.63) is 12.0 Å². The number of carbonyl (C=O) groups excluding carboxylic acids is 1. The number of nitrogens with zero attached hydrogens (tertiary/aromatic N) is 3. The molecule has 0 saturated heterocycles. The van der Waals surface area contributed by atoms with E-state index in [4.69, 9.17) is 10.8 Å². The summed E-state index contributed by atoms with van der Waals surface area (Å²) in [5.74, 6) is -1.26. The Kier molecular flexibility index (Phi) is 5.27. The molecule has 0 saturated carbocycles. The number of carbonyl (C=O) groups is 2. The number of hydrogen-bond acceptors (Lipinski definition) is 7. The molecule has 0 bridgehead atoms. The number of nitrogens with one attached hydrogen (secondary N) is 2. The van der Waals surface area contributed by atoms with Crippen LogP contribution in [0.2, 0.25) is 0 Å². The van der Waals surface area contributed by atoms with Crippen LogP contribution < -0.4 is 11.1 Å². The van der Waals surface area contributed by atoms with E-state index in [1.807, 2.05) is 0 Å². The van der Waals surface area contributed by atoms with E-state index in [1.165, 1.54) is 13.4 Å². The normalized spacial score (nSPS) is 12.6. The summed E-state index contributed by atoms with van der Waals surface area (Å²) in [4.78, 5) is 28.2. The molecule has 9 nitrogen and oxygen atoms in total. The van der Waals surface area contributed by atoms with Gasteiger partial charge in [0, 0.05) is 12.8 Å². The number of hydrogen-bond donors (Lipinski definition) is 4. The van der Waals surface area contributed by atoms with E-state index in [9.17, 15) is 9.59 Å². The highest BCUT2D eigenvalue weighted by Crippen LogP contribution is 2.16. The SMILES string of the molecule is CNC(=O)c1[nH]cnc1N=NSC[C@@H](N)C(=O)O. The molecular formula is C8H12N6O3S. The summed E-state index contributed by atoms with van der Waals surface area (Å²) in [6.07, 6.45) is 1.31. The van der Waals surface area contributed by atoms with Crippen LogP contribution in [-0.2, 0) is 4.79 Å². The van der Waals surface area contributed by atoms with Crippen molar-refractivity contribution in [1.29, 1.82) is 0 Å². The molecule has 98 valence electrons. The van der Waals surface area contributed by atoms with Gasteiger partial charge >= 0.3 is 5.97 Å². The zero-order valence-electron chi connectivity index (χ0n) is 9.45. The molecule has 18 heavy (non-hydrogen) atoms. The number of H-pyrrole nitrogens is 1. The van der Waals surface area contributed by atoms with E-state index in [1.54, 1.807) is 0 Å². The van der Waals surface area contributed by atoms with Crippen LogP contribution in [0.15, 0.2) is 16.0 Å². The first kappa shape index (κ1) is 14.1. The number of rotatable bonds is 6. The first-order valence-electron chi connectivity index (χ1n) is 4.83. The predicted octanol–water partition coefficient (Wildman–Crippen LogP) is -0.0869. The third-order valence-corrected chi connectivity index (χ3v) is 2.54. The molecule has 1 rings (SSSR count). The van der Waals surface area contributed by atoms with Gasteiger partial charge in [0.1, 0.15) is 6.04 Å². The molecule has 10 heteroatoms. The van der Waals surface area contributed by atoms with Gasteiger partial charge in [0.25, 0.3) is 5.91 Å². The Morgan fingerprint density at radius 2 is 2.44 bits per heavy atom. The van der Waals surface area contributed by atoms with Crippen molar-refractivity contribution in [2.75, 3.05) is 12.8 Å². The molecule has 1 atom stereocenters. The molecule has 1 amide bonds. The zero-order valence-corrected chi connectivity index (χ0v) is 10.3. The highest BCUT2D eigenvalue weighted by molar-refractivity contribution is 7.97. The lowest BCUT2D eigenvalue weighted by atomic mass is 10.4. The Balaban J connectivity index is 2.55. The summed E-state index contributed by atoms with van der Waals surface area (Å²) in [6, 6.07) is -1.01. The van der Waals surface area contributed by atoms with Crippen LogP contribution in [0.4, 0.5) is 5.82 Å². The topological polar surface area (TPSA) is 146 Å². The average Bonchev–Trinajstić information content (AvgIpc) is 2.81. The van der Waals surface area contributed by atoms with Gasteiger partial charge in [0.05, 0.1) is 6.33 Å². The Bertz CT molecular complexity index is 459. The van der Waals surface area contributed by atoms with Crippen molar-refractivity contribution in [3.8, 4) is 0 Å². The van der Waals surface area contributed by atoms with E-state index < -0.39 is 12.0 Å². The Hall–Kier alpha value is -1.94.